The summed E-state index contributed by atoms with van der Waals surface area (Å²) in [5.74, 6) is 1.19. The van der Waals surface area contributed by atoms with Gasteiger partial charge in [-0.2, -0.15) is 0 Å². The van der Waals surface area contributed by atoms with Gasteiger partial charge in [-0.05, 0) is 12.0 Å². The Labute approximate surface area is 147 Å². The molecule has 7 nitrogen and oxygen atoms in total. The first-order valence-corrected chi connectivity index (χ1v) is 8.26. The fourth-order valence-electron chi connectivity index (χ4n) is 3.14. The Balaban J connectivity index is 1.71. The molecule has 2 heterocycles. The summed E-state index contributed by atoms with van der Waals surface area (Å²) in [6.45, 7) is 1.08. The minimum Gasteiger partial charge on any atom is -0.395 e. The summed E-state index contributed by atoms with van der Waals surface area (Å²) in [5, 5.41) is 12.8. The highest BCUT2D eigenvalue weighted by molar-refractivity contribution is 5.89. The molecule has 132 valence electrons. The number of benzene rings is 1. The first kappa shape index (κ1) is 17.2. The maximum Gasteiger partial charge on any atom is 0.323 e. The molecule has 1 aliphatic heterocycles. The van der Waals surface area contributed by atoms with Crippen molar-refractivity contribution >= 4 is 17.7 Å². The Bertz CT molecular complexity index is 737. The van der Waals surface area contributed by atoms with E-state index in [1.165, 1.54) is 6.33 Å². The Hall–Kier alpha value is -2.67. The Morgan fingerprint density at radius 1 is 1.32 bits per heavy atom. The van der Waals surface area contributed by atoms with Crippen LogP contribution < -0.4 is 10.2 Å². The number of hydrogen-bond donors (Lipinski definition) is 2. The number of aliphatic hydroxyl groups excluding tert-OH is 1. The summed E-state index contributed by atoms with van der Waals surface area (Å²) in [4.78, 5) is 24.4. The third-order valence-electron chi connectivity index (χ3n) is 4.68. The molecule has 1 aliphatic rings. The van der Waals surface area contributed by atoms with E-state index in [1.54, 1.807) is 11.0 Å². The Morgan fingerprint density at radius 3 is 2.76 bits per heavy atom. The minimum absolute atomic E-state index is 0.0130. The zero-order valence-electron chi connectivity index (χ0n) is 14.5. The van der Waals surface area contributed by atoms with Crippen LogP contribution in [0, 0.1) is 0 Å². The van der Waals surface area contributed by atoms with Gasteiger partial charge in [0.2, 0.25) is 0 Å². The maximum absolute atomic E-state index is 12.6. The third kappa shape index (κ3) is 3.56. The summed E-state index contributed by atoms with van der Waals surface area (Å²) in [7, 11) is 3.76. The van der Waals surface area contributed by atoms with Crippen molar-refractivity contribution in [1.29, 1.82) is 0 Å². The van der Waals surface area contributed by atoms with Crippen molar-refractivity contribution in [3.63, 3.8) is 0 Å². The second kappa shape index (κ2) is 7.06. The highest BCUT2D eigenvalue weighted by Gasteiger charge is 2.41. The number of nitrogens with one attached hydrogen (secondary N) is 1. The van der Waals surface area contributed by atoms with Crippen LogP contribution in [0.2, 0.25) is 0 Å². The molecule has 0 saturated carbocycles. The second-order valence-corrected chi connectivity index (χ2v) is 6.56. The fraction of sp³-hybridized carbons (Fsp3) is 0.389. The molecule has 0 aliphatic carbocycles. The number of nitrogens with zero attached hydrogens (tertiary/aromatic N) is 4. The van der Waals surface area contributed by atoms with Gasteiger partial charge in [0.25, 0.3) is 0 Å². The van der Waals surface area contributed by atoms with Gasteiger partial charge in [-0.3, -0.25) is 5.32 Å². The van der Waals surface area contributed by atoms with E-state index >= 15 is 0 Å². The number of amides is 2. The Morgan fingerprint density at radius 2 is 2.08 bits per heavy atom. The molecule has 1 aromatic heterocycles. The molecule has 1 saturated heterocycles. The van der Waals surface area contributed by atoms with Crippen molar-refractivity contribution in [3.8, 4) is 0 Å². The highest BCUT2D eigenvalue weighted by Crippen LogP contribution is 2.34. The van der Waals surface area contributed by atoms with Crippen LogP contribution >= 0.6 is 0 Å². The van der Waals surface area contributed by atoms with E-state index in [0.29, 0.717) is 18.9 Å². The number of aromatic nitrogens is 2. The number of carbonyl (C=O) groups excluding carboxylic acids is 1. The van der Waals surface area contributed by atoms with Crippen LogP contribution in [-0.4, -0.2) is 59.8 Å². The topological polar surface area (TPSA) is 81.6 Å². The van der Waals surface area contributed by atoms with Gasteiger partial charge in [0, 0.05) is 38.7 Å². The zero-order chi connectivity index (χ0) is 17.9. The summed E-state index contributed by atoms with van der Waals surface area (Å²) >= 11 is 0. The second-order valence-electron chi connectivity index (χ2n) is 6.56. The van der Waals surface area contributed by atoms with Crippen molar-refractivity contribution in [2.24, 2.45) is 0 Å². The van der Waals surface area contributed by atoms with Crippen molar-refractivity contribution in [3.05, 3.63) is 48.3 Å². The van der Waals surface area contributed by atoms with Gasteiger partial charge in [0.05, 0.1) is 6.61 Å². The van der Waals surface area contributed by atoms with Crippen molar-refractivity contribution < 1.29 is 9.90 Å². The van der Waals surface area contributed by atoms with Gasteiger partial charge >= 0.3 is 6.03 Å². The summed E-state index contributed by atoms with van der Waals surface area (Å²) in [6, 6.07) is 11.4. The minimum atomic E-state index is -0.404. The molecular formula is C18H23N5O2. The number of carbonyl (C=O) groups is 1. The van der Waals surface area contributed by atoms with Gasteiger partial charge in [0.15, 0.2) is 0 Å². The number of anilines is 2. The first-order valence-electron chi connectivity index (χ1n) is 8.26. The number of likely N-dealkylation sites (tertiary alicyclic amines) is 1. The van der Waals surface area contributed by atoms with Gasteiger partial charge < -0.3 is 14.9 Å². The molecule has 0 bridgehead atoms. The van der Waals surface area contributed by atoms with Gasteiger partial charge in [0.1, 0.15) is 18.0 Å². The quantitative estimate of drug-likeness (QED) is 0.885. The normalized spacial score (nSPS) is 19.7. The average Bonchev–Trinajstić information content (AvgIpc) is 3.09. The van der Waals surface area contributed by atoms with Crippen molar-refractivity contribution in [2.75, 3.05) is 44.0 Å². The van der Waals surface area contributed by atoms with Gasteiger partial charge in [-0.15, -0.1) is 0 Å². The lowest BCUT2D eigenvalue weighted by Crippen LogP contribution is -2.39. The van der Waals surface area contributed by atoms with Crippen molar-refractivity contribution in [1.82, 2.24) is 14.9 Å². The number of urea groups is 1. The molecule has 0 radical (unpaired) electrons. The molecule has 1 unspecified atom stereocenters. The number of aliphatic hydroxyl groups is 1. The molecule has 1 atom stereocenters. The first-order chi connectivity index (χ1) is 12.0. The molecule has 7 heteroatoms. The summed E-state index contributed by atoms with van der Waals surface area (Å²) in [5.41, 5.74) is 0.656. The van der Waals surface area contributed by atoms with E-state index in [4.69, 9.17) is 0 Å². The van der Waals surface area contributed by atoms with E-state index in [-0.39, 0.29) is 12.6 Å². The molecule has 1 aromatic carbocycles. The number of hydrogen-bond acceptors (Lipinski definition) is 5. The average molecular weight is 341 g/mol. The number of rotatable bonds is 4. The zero-order valence-corrected chi connectivity index (χ0v) is 14.5. The van der Waals surface area contributed by atoms with E-state index in [9.17, 15) is 9.90 Å². The van der Waals surface area contributed by atoms with Crippen LogP contribution in [0.5, 0.6) is 0 Å². The smallest absolute Gasteiger partial charge is 0.323 e. The van der Waals surface area contributed by atoms with Crippen LogP contribution in [0.15, 0.2) is 42.7 Å². The van der Waals surface area contributed by atoms with E-state index < -0.39 is 5.41 Å². The standard InChI is InChI=1S/C18H23N5O2/c1-22(2)16-10-15(19-13-20-16)21-17(25)23-9-8-18(11-23,12-24)14-6-4-3-5-7-14/h3-7,10,13,24H,8-9,11-12H2,1-2H3,(H,19,20,21,25). The lowest BCUT2D eigenvalue weighted by molar-refractivity contribution is 0.188. The largest absolute Gasteiger partial charge is 0.395 e. The lowest BCUT2D eigenvalue weighted by atomic mass is 9.80. The van der Waals surface area contributed by atoms with Crippen molar-refractivity contribution in [2.45, 2.75) is 11.8 Å². The third-order valence-corrected chi connectivity index (χ3v) is 4.68. The molecule has 0 spiro atoms. The molecule has 2 N–H and O–H groups in total. The van der Waals surface area contributed by atoms with E-state index in [2.05, 4.69) is 15.3 Å². The van der Waals surface area contributed by atoms with Crippen LogP contribution in [0.3, 0.4) is 0 Å². The fourth-order valence-corrected chi connectivity index (χ4v) is 3.14. The predicted octanol–water partition coefficient (Wildman–Crippen LogP) is 1.71. The van der Waals surface area contributed by atoms with Gasteiger partial charge in [-0.1, -0.05) is 30.3 Å². The summed E-state index contributed by atoms with van der Waals surface area (Å²) < 4.78 is 0. The molecular weight excluding hydrogens is 318 g/mol. The Kier molecular flexibility index (Phi) is 4.85. The molecule has 1 fully saturated rings. The molecule has 2 aromatic rings. The monoisotopic (exact) mass is 341 g/mol. The SMILES string of the molecule is CN(C)c1cc(NC(=O)N2CCC(CO)(c3ccccc3)C2)ncn1. The highest BCUT2D eigenvalue weighted by atomic mass is 16.3. The van der Waals surface area contributed by atoms with Crippen LogP contribution in [0.25, 0.3) is 0 Å². The molecule has 3 rings (SSSR count). The maximum atomic E-state index is 12.6. The van der Waals surface area contributed by atoms with Gasteiger partial charge in [-0.25, -0.2) is 14.8 Å². The van der Waals surface area contributed by atoms with Crippen LogP contribution in [0.1, 0.15) is 12.0 Å². The van der Waals surface area contributed by atoms with E-state index in [1.807, 2.05) is 49.3 Å². The molecule has 25 heavy (non-hydrogen) atoms. The lowest BCUT2D eigenvalue weighted by Gasteiger charge is -2.27. The molecule has 2 amide bonds. The van der Waals surface area contributed by atoms with Crippen LogP contribution in [0.4, 0.5) is 16.4 Å². The summed E-state index contributed by atoms with van der Waals surface area (Å²) in [6.07, 6.45) is 2.16. The van der Waals surface area contributed by atoms with E-state index in [0.717, 1.165) is 17.8 Å². The predicted molar refractivity (Wildman–Crippen MR) is 96.8 cm³/mol. The van der Waals surface area contributed by atoms with Crippen LogP contribution in [-0.2, 0) is 5.41 Å².